The summed E-state index contributed by atoms with van der Waals surface area (Å²) in [6, 6.07) is 14.4. The fourth-order valence-corrected chi connectivity index (χ4v) is 1.25. The molecule has 0 aliphatic heterocycles. The van der Waals surface area contributed by atoms with E-state index in [4.69, 9.17) is 5.11 Å². The maximum atomic E-state index is 9.10. The fraction of sp³-hybridized carbons (Fsp3) is 0.0769. The van der Waals surface area contributed by atoms with Crippen LogP contribution in [-0.4, -0.2) is 5.11 Å². The molecule has 0 fully saturated rings. The number of azo groups is 1. The van der Waals surface area contributed by atoms with E-state index in [2.05, 4.69) is 10.2 Å². The first-order valence-electron chi connectivity index (χ1n) is 5.01. The van der Waals surface area contributed by atoms with Gasteiger partial charge in [0, 0.05) is 44.1 Å². The number of hydrogen-bond acceptors (Lipinski definition) is 3. The maximum absolute atomic E-state index is 9.10. The maximum Gasteiger partial charge on any atom is 0.115 e. The molecule has 0 saturated carbocycles. The van der Waals surface area contributed by atoms with Gasteiger partial charge in [0.15, 0.2) is 0 Å². The zero-order chi connectivity index (χ0) is 11.4. The van der Waals surface area contributed by atoms with Gasteiger partial charge in [0.1, 0.15) is 5.75 Å². The molecule has 2 aromatic rings. The van der Waals surface area contributed by atoms with Crippen LogP contribution >= 0.6 is 0 Å². The third kappa shape index (κ3) is 4.57. The van der Waals surface area contributed by atoms with Gasteiger partial charge in [-0.3, -0.25) is 0 Å². The second kappa shape index (κ2) is 6.88. The van der Waals surface area contributed by atoms with E-state index >= 15 is 0 Å². The minimum Gasteiger partial charge on any atom is -0.508 e. The van der Waals surface area contributed by atoms with Gasteiger partial charge in [-0.15, -0.1) is 0 Å². The van der Waals surface area contributed by atoms with Gasteiger partial charge in [-0.1, -0.05) is 17.7 Å². The van der Waals surface area contributed by atoms with E-state index in [1.54, 1.807) is 24.3 Å². The topological polar surface area (TPSA) is 45.0 Å². The molecule has 0 bridgehead atoms. The molecule has 0 unspecified atom stereocenters. The quantitative estimate of drug-likeness (QED) is 0.704. The first-order valence-corrected chi connectivity index (χ1v) is 5.01. The molecular formula is C13H12AcN2O. The number of phenols is 1. The molecule has 0 spiro atoms. The standard InChI is InChI=1S/C13H12N2O.Ac/c1-10-2-4-11(5-3-10)14-15-12-6-8-13(16)9-7-12;/h2-9,16H,1H3;. The van der Waals surface area contributed by atoms with Crippen LogP contribution in [0.5, 0.6) is 5.75 Å². The number of phenolic OH excluding ortho intramolecular Hbond substituents is 1. The summed E-state index contributed by atoms with van der Waals surface area (Å²) in [6.45, 7) is 2.03. The summed E-state index contributed by atoms with van der Waals surface area (Å²) in [7, 11) is 0. The molecule has 83 valence electrons. The van der Waals surface area contributed by atoms with Crippen LogP contribution < -0.4 is 0 Å². The van der Waals surface area contributed by atoms with Gasteiger partial charge >= 0.3 is 0 Å². The Kier molecular flexibility index (Phi) is 5.81. The van der Waals surface area contributed by atoms with Crippen molar-refractivity contribution in [3.8, 4) is 5.75 Å². The Balaban J connectivity index is 0.00000144. The number of rotatable bonds is 2. The van der Waals surface area contributed by atoms with Gasteiger partial charge in [0.2, 0.25) is 0 Å². The molecule has 0 amide bonds. The molecule has 1 N–H and O–H groups in total. The summed E-state index contributed by atoms with van der Waals surface area (Å²) in [5.74, 6) is 0.231. The Labute approximate surface area is 136 Å². The fourth-order valence-electron chi connectivity index (χ4n) is 1.25. The zero-order valence-corrected chi connectivity index (χ0v) is 14.3. The van der Waals surface area contributed by atoms with E-state index in [-0.39, 0.29) is 49.8 Å². The summed E-state index contributed by atoms with van der Waals surface area (Å²) >= 11 is 0. The van der Waals surface area contributed by atoms with E-state index in [1.807, 2.05) is 31.2 Å². The van der Waals surface area contributed by atoms with E-state index in [1.165, 1.54) is 5.56 Å². The summed E-state index contributed by atoms with van der Waals surface area (Å²) in [4.78, 5) is 0. The van der Waals surface area contributed by atoms with Crippen molar-refractivity contribution in [2.24, 2.45) is 10.2 Å². The molecular weight excluding hydrogens is 427 g/mol. The average molecular weight is 439 g/mol. The van der Waals surface area contributed by atoms with Crippen molar-refractivity contribution in [2.45, 2.75) is 6.92 Å². The largest absolute Gasteiger partial charge is 0.508 e. The van der Waals surface area contributed by atoms with Crippen molar-refractivity contribution in [2.75, 3.05) is 0 Å². The normalized spacial score (nSPS) is 10.2. The van der Waals surface area contributed by atoms with Crippen LogP contribution in [0.1, 0.15) is 5.56 Å². The van der Waals surface area contributed by atoms with Crippen LogP contribution in [-0.2, 0) is 0 Å². The van der Waals surface area contributed by atoms with Crippen LogP contribution in [0, 0.1) is 51.0 Å². The molecule has 3 nitrogen and oxygen atoms in total. The molecule has 1 radical (unpaired) electrons. The van der Waals surface area contributed by atoms with Gasteiger partial charge < -0.3 is 5.11 Å². The van der Waals surface area contributed by atoms with Gasteiger partial charge in [-0.2, -0.15) is 10.2 Å². The first-order chi connectivity index (χ1) is 7.74. The van der Waals surface area contributed by atoms with E-state index in [0.29, 0.717) is 0 Å². The number of aryl methyl sites for hydroxylation is 1. The molecule has 2 rings (SSSR count). The van der Waals surface area contributed by atoms with E-state index in [9.17, 15) is 0 Å². The molecule has 0 aromatic heterocycles. The van der Waals surface area contributed by atoms with Crippen molar-refractivity contribution < 1.29 is 49.2 Å². The third-order valence-electron chi connectivity index (χ3n) is 2.16. The Hall–Kier alpha value is -0.718. The van der Waals surface area contributed by atoms with Gasteiger partial charge in [-0.25, -0.2) is 0 Å². The number of hydrogen-bond donors (Lipinski definition) is 1. The molecule has 0 aliphatic rings. The van der Waals surface area contributed by atoms with Crippen LogP contribution in [0.3, 0.4) is 0 Å². The SMILES string of the molecule is Cc1ccc(N=Nc2ccc(O)cc2)cc1.[Ac]. The van der Waals surface area contributed by atoms with E-state index in [0.717, 1.165) is 11.4 Å². The van der Waals surface area contributed by atoms with Crippen molar-refractivity contribution in [3.05, 3.63) is 54.1 Å². The van der Waals surface area contributed by atoms with Crippen molar-refractivity contribution in [1.82, 2.24) is 0 Å². The summed E-state index contributed by atoms with van der Waals surface area (Å²) in [5.41, 5.74) is 2.74. The molecule has 0 heterocycles. The Bertz CT molecular complexity index is 444. The first kappa shape index (κ1) is 14.3. The molecule has 0 atom stereocenters. The van der Waals surface area contributed by atoms with Crippen LogP contribution in [0.2, 0.25) is 0 Å². The number of aromatic hydroxyl groups is 1. The van der Waals surface area contributed by atoms with Crippen molar-refractivity contribution >= 4 is 11.4 Å². The average Bonchev–Trinajstić information content (AvgIpc) is 2.30. The Morgan fingerprint density at radius 3 is 1.65 bits per heavy atom. The predicted octanol–water partition coefficient (Wildman–Crippen LogP) is 4.12. The Morgan fingerprint density at radius 2 is 1.18 bits per heavy atom. The second-order valence-electron chi connectivity index (χ2n) is 3.55. The smallest absolute Gasteiger partial charge is 0.115 e. The third-order valence-corrected chi connectivity index (χ3v) is 2.16. The second-order valence-corrected chi connectivity index (χ2v) is 3.55. The molecule has 2 aromatic carbocycles. The van der Waals surface area contributed by atoms with Crippen molar-refractivity contribution in [3.63, 3.8) is 0 Å². The molecule has 0 saturated heterocycles. The van der Waals surface area contributed by atoms with Gasteiger partial charge in [-0.05, 0) is 43.3 Å². The number of benzene rings is 2. The summed E-state index contributed by atoms with van der Waals surface area (Å²) in [6.07, 6.45) is 0. The zero-order valence-electron chi connectivity index (χ0n) is 9.54. The number of nitrogens with zero attached hydrogens (tertiary/aromatic N) is 2. The van der Waals surface area contributed by atoms with Crippen LogP contribution in [0.4, 0.5) is 11.4 Å². The Morgan fingerprint density at radius 1 is 0.765 bits per heavy atom. The molecule has 4 heteroatoms. The van der Waals surface area contributed by atoms with Crippen molar-refractivity contribution in [1.29, 1.82) is 0 Å². The monoisotopic (exact) mass is 439 g/mol. The minimum atomic E-state index is 0. The summed E-state index contributed by atoms with van der Waals surface area (Å²) < 4.78 is 0. The van der Waals surface area contributed by atoms with Crippen LogP contribution in [0.25, 0.3) is 0 Å². The molecule has 17 heavy (non-hydrogen) atoms. The molecule has 0 aliphatic carbocycles. The van der Waals surface area contributed by atoms with E-state index < -0.39 is 0 Å². The van der Waals surface area contributed by atoms with Gasteiger partial charge in [0.05, 0.1) is 11.4 Å². The minimum absolute atomic E-state index is 0. The predicted molar refractivity (Wildman–Crippen MR) is 63.5 cm³/mol. The van der Waals surface area contributed by atoms with Gasteiger partial charge in [0.25, 0.3) is 0 Å². The summed E-state index contributed by atoms with van der Waals surface area (Å²) in [5, 5.41) is 17.3. The van der Waals surface area contributed by atoms with Crippen LogP contribution in [0.15, 0.2) is 58.8 Å².